The van der Waals surface area contributed by atoms with Gasteiger partial charge in [0.15, 0.2) is 0 Å². The van der Waals surface area contributed by atoms with E-state index in [0.29, 0.717) is 29.8 Å². The average molecular weight is 199 g/mol. The molecule has 0 spiro atoms. The van der Waals surface area contributed by atoms with Crippen molar-refractivity contribution in [2.45, 2.75) is 6.54 Å². The van der Waals surface area contributed by atoms with Crippen molar-refractivity contribution in [3.05, 3.63) is 20.3 Å². The van der Waals surface area contributed by atoms with Gasteiger partial charge in [-0.15, -0.1) is 0 Å². The molecule has 0 fully saturated rings. The molecule has 72 valence electrons. The number of nitrogens with two attached hydrogens (primary N) is 2. The smallest absolute Gasteiger partial charge is 0.220 e. The van der Waals surface area contributed by atoms with Gasteiger partial charge in [0, 0.05) is 32.2 Å². The lowest BCUT2D eigenvalue weighted by Crippen LogP contribution is -2.34. The molecule has 0 aliphatic carbocycles. The topological polar surface area (TPSA) is 72.3 Å². The predicted octanol–water partition coefficient (Wildman–Crippen LogP) is -0.495. The molecule has 0 radical (unpaired) electrons. The van der Waals surface area contributed by atoms with E-state index in [2.05, 4.69) is 0 Å². The number of anilines is 1. The highest BCUT2D eigenvalue weighted by Crippen LogP contribution is 2.18. The summed E-state index contributed by atoms with van der Waals surface area (Å²) < 4.78 is 0.376. The van der Waals surface area contributed by atoms with Crippen LogP contribution in [0, 0.1) is 4.51 Å². The van der Waals surface area contributed by atoms with Crippen molar-refractivity contribution in [1.29, 1.82) is 0 Å². The highest BCUT2D eigenvalue weighted by atomic mass is 32.1. The van der Waals surface area contributed by atoms with Gasteiger partial charge >= 0.3 is 0 Å². The molecular weight excluding hydrogens is 186 g/mol. The Morgan fingerprint density at radius 3 is 2.54 bits per heavy atom. The van der Waals surface area contributed by atoms with Crippen molar-refractivity contribution in [3.63, 3.8) is 0 Å². The normalized spacial score (nSPS) is 10.7. The Labute approximate surface area is 81.8 Å². The quantitative estimate of drug-likeness (QED) is 0.640. The summed E-state index contributed by atoms with van der Waals surface area (Å²) >= 11 is 4.86. The van der Waals surface area contributed by atoms with Crippen molar-refractivity contribution in [3.8, 4) is 0 Å². The number of hydrogen-bond donors (Lipinski definition) is 2. The zero-order valence-electron chi connectivity index (χ0n) is 7.54. The Bertz CT molecular complexity index is 367. The molecule has 0 unspecified atom stereocenters. The molecule has 5 heteroatoms. The fourth-order valence-electron chi connectivity index (χ4n) is 1.33. The van der Waals surface area contributed by atoms with E-state index in [-0.39, 0.29) is 5.43 Å². The summed E-state index contributed by atoms with van der Waals surface area (Å²) in [5, 5.41) is 0. The molecular formula is C8H13N3OS. The zero-order valence-corrected chi connectivity index (χ0v) is 8.36. The monoisotopic (exact) mass is 199 g/mol. The second-order valence-corrected chi connectivity index (χ2v) is 3.31. The lowest BCUT2D eigenvalue weighted by atomic mass is 10.1. The molecule has 0 aliphatic rings. The maximum absolute atomic E-state index is 11.3. The molecule has 1 rings (SSSR count). The number of nitrogens with zero attached hydrogens (tertiary/aromatic N) is 1. The van der Waals surface area contributed by atoms with E-state index in [4.69, 9.17) is 23.7 Å². The van der Waals surface area contributed by atoms with Crippen LogP contribution < -0.4 is 21.8 Å². The van der Waals surface area contributed by atoms with Gasteiger partial charge in [-0.3, -0.25) is 4.79 Å². The SMILES string of the molecule is CN(CCN)c1c(CN)c(=S)c1=O. The van der Waals surface area contributed by atoms with Gasteiger partial charge in [-0.05, 0) is 0 Å². The highest BCUT2D eigenvalue weighted by Gasteiger charge is 2.18. The molecule has 1 aromatic carbocycles. The van der Waals surface area contributed by atoms with Crippen molar-refractivity contribution < 1.29 is 0 Å². The maximum atomic E-state index is 11.3. The molecule has 13 heavy (non-hydrogen) atoms. The molecule has 4 N–H and O–H groups in total. The van der Waals surface area contributed by atoms with Gasteiger partial charge in [0.05, 0.1) is 10.2 Å². The summed E-state index contributed by atoms with van der Waals surface area (Å²) in [5.41, 5.74) is 12.2. The Morgan fingerprint density at radius 1 is 1.46 bits per heavy atom. The molecule has 0 bridgehead atoms. The van der Waals surface area contributed by atoms with Gasteiger partial charge in [0.1, 0.15) is 0 Å². The summed E-state index contributed by atoms with van der Waals surface area (Å²) in [5.74, 6) is 0. The van der Waals surface area contributed by atoms with Crippen molar-refractivity contribution in [1.82, 2.24) is 0 Å². The van der Waals surface area contributed by atoms with Crippen LogP contribution in [0.4, 0.5) is 5.69 Å². The fraction of sp³-hybridized carbons (Fsp3) is 0.500. The number of hydrogen-bond acceptors (Lipinski definition) is 5. The molecule has 0 amide bonds. The second-order valence-electron chi connectivity index (χ2n) is 2.90. The van der Waals surface area contributed by atoms with Crippen LogP contribution in [0.2, 0.25) is 0 Å². The van der Waals surface area contributed by atoms with Gasteiger partial charge in [0.2, 0.25) is 5.43 Å². The molecule has 0 heterocycles. The molecule has 0 saturated carbocycles. The zero-order chi connectivity index (χ0) is 10.0. The molecule has 0 aromatic heterocycles. The van der Waals surface area contributed by atoms with Crippen LogP contribution in [-0.4, -0.2) is 20.1 Å². The molecule has 0 aliphatic heterocycles. The largest absolute Gasteiger partial charge is 0.370 e. The summed E-state index contributed by atoms with van der Waals surface area (Å²) in [6.45, 7) is 1.49. The van der Waals surface area contributed by atoms with E-state index in [1.54, 1.807) is 4.90 Å². The first-order chi connectivity index (χ1) is 6.13. The third-order valence-corrected chi connectivity index (χ3v) is 2.46. The summed E-state index contributed by atoms with van der Waals surface area (Å²) in [6, 6.07) is 0. The van der Waals surface area contributed by atoms with Crippen LogP contribution >= 0.6 is 12.2 Å². The predicted molar refractivity (Wildman–Crippen MR) is 56.1 cm³/mol. The number of likely N-dealkylation sites (N-methyl/N-ethyl adjacent to an activating group) is 1. The van der Waals surface area contributed by atoms with E-state index < -0.39 is 0 Å². The minimum absolute atomic E-state index is 0.0774. The van der Waals surface area contributed by atoms with Gasteiger partial charge in [-0.25, -0.2) is 0 Å². The van der Waals surface area contributed by atoms with Crippen LogP contribution in [0.25, 0.3) is 0 Å². The van der Waals surface area contributed by atoms with Crippen molar-refractivity contribution in [2.24, 2.45) is 11.5 Å². The van der Waals surface area contributed by atoms with Gasteiger partial charge < -0.3 is 16.4 Å². The first kappa shape index (κ1) is 10.3. The van der Waals surface area contributed by atoms with Crippen molar-refractivity contribution in [2.75, 3.05) is 25.0 Å². The summed E-state index contributed by atoms with van der Waals surface area (Å²) in [4.78, 5) is 13.1. The molecule has 0 saturated heterocycles. The Hall–Kier alpha value is -0.780. The van der Waals surface area contributed by atoms with Crippen LogP contribution in [0.1, 0.15) is 5.56 Å². The third-order valence-electron chi connectivity index (χ3n) is 2.03. The highest BCUT2D eigenvalue weighted by molar-refractivity contribution is 7.71. The van der Waals surface area contributed by atoms with E-state index >= 15 is 0 Å². The van der Waals surface area contributed by atoms with E-state index in [9.17, 15) is 4.79 Å². The average Bonchev–Trinajstić information content (AvgIpc) is 2.12. The van der Waals surface area contributed by atoms with Crippen LogP contribution in [0.3, 0.4) is 0 Å². The summed E-state index contributed by atoms with van der Waals surface area (Å²) in [7, 11) is 1.82. The standard InChI is InChI=1S/C8H13N3OS/c1-11(3-2-9)6-5(4-10)8(13)7(6)12/h2-4,9-10H2,1H3. The first-order valence-corrected chi connectivity index (χ1v) is 4.47. The maximum Gasteiger partial charge on any atom is 0.220 e. The van der Waals surface area contributed by atoms with Crippen LogP contribution in [0.5, 0.6) is 0 Å². The Morgan fingerprint density at radius 2 is 2.08 bits per heavy atom. The van der Waals surface area contributed by atoms with E-state index in [0.717, 1.165) is 5.56 Å². The Kier molecular flexibility index (Phi) is 3.13. The number of rotatable bonds is 4. The molecule has 1 aromatic rings. The lowest BCUT2D eigenvalue weighted by Gasteiger charge is -2.22. The fourth-order valence-corrected chi connectivity index (χ4v) is 1.60. The molecule has 4 nitrogen and oxygen atoms in total. The van der Waals surface area contributed by atoms with Gasteiger partial charge in [0.25, 0.3) is 0 Å². The first-order valence-electron chi connectivity index (χ1n) is 4.07. The van der Waals surface area contributed by atoms with E-state index in [1.165, 1.54) is 0 Å². The Balaban J connectivity index is 2.95. The third kappa shape index (κ3) is 1.63. The summed E-state index contributed by atoms with van der Waals surface area (Å²) in [6.07, 6.45) is 0. The minimum Gasteiger partial charge on any atom is -0.370 e. The van der Waals surface area contributed by atoms with Crippen LogP contribution in [-0.2, 0) is 6.54 Å². The lowest BCUT2D eigenvalue weighted by molar-refractivity contribution is 0.860. The van der Waals surface area contributed by atoms with E-state index in [1.807, 2.05) is 7.05 Å². The minimum atomic E-state index is -0.0774. The van der Waals surface area contributed by atoms with Crippen LogP contribution in [0.15, 0.2) is 4.79 Å². The van der Waals surface area contributed by atoms with Crippen molar-refractivity contribution >= 4 is 17.9 Å². The van der Waals surface area contributed by atoms with Gasteiger partial charge in [-0.1, -0.05) is 12.2 Å². The van der Waals surface area contributed by atoms with Gasteiger partial charge in [-0.2, -0.15) is 0 Å². The molecule has 0 atom stereocenters. The second kappa shape index (κ2) is 3.95.